The summed E-state index contributed by atoms with van der Waals surface area (Å²) in [6, 6.07) is 1.17. The molecule has 0 fully saturated rings. The second-order valence-electron chi connectivity index (χ2n) is 4.00. The Labute approximate surface area is 119 Å². The summed E-state index contributed by atoms with van der Waals surface area (Å²) < 4.78 is 40.9. The Balaban J connectivity index is 3.22. The normalized spacial score (nSPS) is 11.2. The minimum atomic E-state index is -4.42. The summed E-state index contributed by atoms with van der Waals surface area (Å²) >= 11 is 0. The molecule has 0 N–H and O–H groups in total. The summed E-state index contributed by atoms with van der Waals surface area (Å²) in [5.41, 5.74) is 0.112. The lowest BCUT2D eigenvalue weighted by Crippen LogP contribution is -2.04. The summed E-state index contributed by atoms with van der Waals surface area (Å²) in [7, 11) is 0.579. The van der Waals surface area contributed by atoms with Gasteiger partial charge in [0, 0.05) is 29.2 Å². The first-order valence-corrected chi connectivity index (χ1v) is 7.63. The van der Waals surface area contributed by atoms with E-state index in [2.05, 4.69) is 6.58 Å². The van der Waals surface area contributed by atoms with E-state index >= 15 is 0 Å². The highest BCUT2D eigenvalue weighted by atomic mass is 35.7. The van der Waals surface area contributed by atoms with Gasteiger partial charge in [-0.2, -0.15) is 0 Å². The Morgan fingerprint density at radius 2 is 2.15 bits per heavy atom. The Morgan fingerprint density at radius 1 is 1.55 bits per heavy atom. The van der Waals surface area contributed by atoms with Gasteiger partial charge in [-0.1, -0.05) is 5.57 Å². The maximum atomic E-state index is 13.6. The monoisotopic (exact) mass is 323 g/mol. The van der Waals surface area contributed by atoms with Crippen LogP contribution in [0.5, 0.6) is 5.75 Å². The van der Waals surface area contributed by atoms with Gasteiger partial charge in [0.1, 0.15) is 10.7 Å². The van der Waals surface area contributed by atoms with E-state index in [4.69, 9.17) is 15.4 Å². The van der Waals surface area contributed by atoms with Gasteiger partial charge in [0.05, 0.1) is 11.5 Å². The predicted molar refractivity (Wildman–Crippen MR) is 71.0 cm³/mol. The van der Waals surface area contributed by atoms with Crippen LogP contribution >= 0.6 is 10.7 Å². The topological polar surface area (TPSA) is 86.5 Å². The van der Waals surface area contributed by atoms with E-state index in [-0.39, 0.29) is 12.4 Å². The third kappa shape index (κ3) is 4.17. The second-order valence-corrected chi connectivity index (χ2v) is 6.54. The first kappa shape index (κ1) is 16.4. The number of nitro benzene ring substituents is 1. The highest BCUT2D eigenvalue weighted by Gasteiger charge is 2.25. The zero-order valence-electron chi connectivity index (χ0n) is 10.4. The van der Waals surface area contributed by atoms with E-state index in [1.165, 1.54) is 0 Å². The number of nitro groups is 1. The number of nitrogens with zero attached hydrogens (tertiary/aromatic N) is 1. The average Bonchev–Trinajstić information content (AvgIpc) is 2.26. The van der Waals surface area contributed by atoms with Crippen molar-refractivity contribution in [1.82, 2.24) is 0 Å². The van der Waals surface area contributed by atoms with Crippen molar-refractivity contribution in [1.29, 1.82) is 0 Å². The summed E-state index contributed by atoms with van der Waals surface area (Å²) in [6.45, 7) is 5.42. The lowest BCUT2D eigenvalue weighted by Gasteiger charge is -2.08. The van der Waals surface area contributed by atoms with Crippen LogP contribution in [0.4, 0.5) is 10.1 Å². The maximum absolute atomic E-state index is 13.6. The molecule has 110 valence electrons. The smallest absolute Gasteiger partial charge is 0.312 e. The molecule has 0 unspecified atom stereocenters. The molecule has 0 aliphatic heterocycles. The fourth-order valence-electron chi connectivity index (χ4n) is 1.30. The van der Waals surface area contributed by atoms with Gasteiger partial charge in [-0.25, -0.2) is 12.8 Å². The zero-order valence-corrected chi connectivity index (χ0v) is 12.0. The highest BCUT2D eigenvalue weighted by Crippen LogP contribution is 2.33. The first-order chi connectivity index (χ1) is 9.12. The highest BCUT2D eigenvalue weighted by molar-refractivity contribution is 8.13. The van der Waals surface area contributed by atoms with Crippen molar-refractivity contribution in [3.8, 4) is 5.75 Å². The molecule has 9 heteroatoms. The molecule has 0 bridgehead atoms. The molecular formula is C11H11ClFNO5S. The molecule has 0 heterocycles. The lowest BCUT2D eigenvalue weighted by atomic mass is 10.2. The van der Waals surface area contributed by atoms with Crippen LogP contribution in [0.3, 0.4) is 0 Å². The van der Waals surface area contributed by atoms with Gasteiger partial charge in [0.15, 0.2) is 5.75 Å². The Bertz CT molecular complexity index is 659. The standard InChI is InChI=1S/C11H11ClFNO5S/c1-7(2)3-4-19-10-5-8(13)11(20(12,17)18)6-9(10)14(15)16/h5-6H,1,3-4H2,2H3. The molecular weight excluding hydrogens is 313 g/mol. The molecule has 20 heavy (non-hydrogen) atoms. The van der Waals surface area contributed by atoms with Crippen LogP contribution < -0.4 is 4.74 Å². The van der Waals surface area contributed by atoms with Crippen molar-refractivity contribution in [3.05, 3.63) is 40.2 Å². The van der Waals surface area contributed by atoms with E-state index in [1.807, 2.05) is 0 Å². The molecule has 0 spiro atoms. The van der Waals surface area contributed by atoms with Gasteiger partial charge in [-0.3, -0.25) is 10.1 Å². The quantitative estimate of drug-likeness (QED) is 0.347. The average molecular weight is 324 g/mol. The van der Waals surface area contributed by atoms with Crippen LogP contribution in [0.25, 0.3) is 0 Å². The van der Waals surface area contributed by atoms with Gasteiger partial charge in [-0.05, 0) is 6.92 Å². The fourth-order valence-corrected chi connectivity index (χ4v) is 2.20. The van der Waals surface area contributed by atoms with Crippen molar-refractivity contribution in [2.75, 3.05) is 6.61 Å². The number of hydrogen-bond acceptors (Lipinski definition) is 5. The van der Waals surface area contributed by atoms with Gasteiger partial charge in [0.25, 0.3) is 9.05 Å². The summed E-state index contributed by atoms with van der Waals surface area (Å²) in [6.07, 6.45) is 0.425. The second kappa shape index (κ2) is 6.19. The van der Waals surface area contributed by atoms with Crippen molar-refractivity contribution < 1.29 is 22.5 Å². The minimum absolute atomic E-state index is 0.0581. The zero-order chi connectivity index (χ0) is 15.5. The molecule has 0 amide bonds. The van der Waals surface area contributed by atoms with Crippen molar-refractivity contribution >= 4 is 25.4 Å². The number of hydrogen-bond donors (Lipinski definition) is 0. The van der Waals surface area contributed by atoms with Crippen molar-refractivity contribution in [3.63, 3.8) is 0 Å². The summed E-state index contributed by atoms with van der Waals surface area (Å²) in [4.78, 5) is 9.02. The fraction of sp³-hybridized carbons (Fsp3) is 0.273. The molecule has 0 saturated carbocycles. The summed E-state index contributed by atoms with van der Waals surface area (Å²) in [5, 5.41) is 10.9. The molecule has 0 saturated heterocycles. The van der Waals surface area contributed by atoms with E-state index in [0.29, 0.717) is 18.6 Å². The Kier molecular flexibility index (Phi) is 5.07. The maximum Gasteiger partial charge on any atom is 0.312 e. The predicted octanol–water partition coefficient (Wildman–Crippen LogP) is 3.01. The third-order valence-electron chi connectivity index (χ3n) is 2.26. The van der Waals surface area contributed by atoms with Gasteiger partial charge >= 0.3 is 5.69 Å². The van der Waals surface area contributed by atoms with Crippen LogP contribution in [0.2, 0.25) is 0 Å². The Morgan fingerprint density at radius 3 is 2.60 bits per heavy atom. The molecule has 1 aromatic rings. The number of halogens is 2. The Hall–Kier alpha value is -1.67. The van der Waals surface area contributed by atoms with Crippen LogP contribution in [0.1, 0.15) is 13.3 Å². The van der Waals surface area contributed by atoms with E-state index in [0.717, 1.165) is 5.57 Å². The molecule has 6 nitrogen and oxygen atoms in total. The molecule has 0 atom stereocenters. The van der Waals surface area contributed by atoms with E-state index < -0.39 is 30.4 Å². The lowest BCUT2D eigenvalue weighted by molar-refractivity contribution is -0.386. The van der Waals surface area contributed by atoms with Gasteiger partial charge < -0.3 is 4.74 Å². The van der Waals surface area contributed by atoms with Crippen LogP contribution in [-0.2, 0) is 9.05 Å². The van der Waals surface area contributed by atoms with Gasteiger partial charge in [-0.15, -0.1) is 6.58 Å². The van der Waals surface area contributed by atoms with E-state index in [1.54, 1.807) is 6.92 Å². The molecule has 1 rings (SSSR count). The van der Waals surface area contributed by atoms with Crippen molar-refractivity contribution in [2.24, 2.45) is 0 Å². The number of benzene rings is 1. The number of ether oxygens (including phenoxy) is 1. The SMILES string of the molecule is C=C(C)CCOc1cc(F)c(S(=O)(=O)Cl)cc1[N+](=O)[O-]. The van der Waals surface area contributed by atoms with Crippen LogP contribution in [-0.4, -0.2) is 19.9 Å². The van der Waals surface area contributed by atoms with Crippen LogP contribution in [0.15, 0.2) is 29.2 Å². The molecule has 0 aliphatic carbocycles. The molecule has 0 aliphatic rings. The van der Waals surface area contributed by atoms with Crippen LogP contribution in [0, 0.1) is 15.9 Å². The number of rotatable bonds is 6. The molecule has 1 aromatic carbocycles. The van der Waals surface area contributed by atoms with E-state index in [9.17, 15) is 22.9 Å². The molecule has 0 aromatic heterocycles. The molecule has 0 radical (unpaired) electrons. The largest absolute Gasteiger partial charge is 0.486 e. The third-order valence-corrected chi connectivity index (χ3v) is 3.60. The minimum Gasteiger partial charge on any atom is -0.486 e. The first-order valence-electron chi connectivity index (χ1n) is 5.32. The summed E-state index contributed by atoms with van der Waals surface area (Å²) in [5.74, 6) is -1.58. The van der Waals surface area contributed by atoms with Crippen molar-refractivity contribution in [2.45, 2.75) is 18.2 Å². The van der Waals surface area contributed by atoms with Gasteiger partial charge in [0.2, 0.25) is 0 Å².